The fourth-order valence-electron chi connectivity index (χ4n) is 3.30. The van der Waals surface area contributed by atoms with Crippen LogP contribution in [0.15, 0.2) is 29.0 Å². The number of hydrazine groups is 1. The summed E-state index contributed by atoms with van der Waals surface area (Å²) in [7, 11) is 0. The highest BCUT2D eigenvalue weighted by Gasteiger charge is 2.49. The standard InChI is InChI=1S/C18H17F6N3O7/c19-17(20,21)15-13(7-10-6-12(34-18(22,23)24)3-4-14(10)33-15)16(29)31-9-32-25-27(30)26-5-1-2-11(26)8-28/h3-4,6-7,11,15,28H,1-2,5,8-9H2/b27-25-/t11-,15-/m0/s1. The number of fused-ring (bicyclic) bond motifs is 1. The van der Waals surface area contributed by atoms with E-state index < -0.39 is 54.5 Å². The normalized spacial score (nSPS) is 20.9. The highest BCUT2D eigenvalue weighted by atomic mass is 19.4. The maximum absolute atomic E-state index is 13.4. The molecule has 2 atom stereocenters. The average molecular weight is 501 g/mol. The van der Waals surface area contributed by atoms with Gasteiger partial charge in [0.25, 0.3) is 6.79 Å². The Labute approximate surface area is 187 Å². The van der Waals surface area contributed by atoms with E-state index in [0.717, 1.165) is 23.2 Å². The molecular formula is C18H17F6N3O7. The summed E-state index contributed by atoms with van der Waals surface area (Å²) < 4.78 is 90.5. The molecule has 34 heavy (non-hydrogen) atoms. The molecule has 1 saturated heterocycles. The van der Waals surface area contributed by atoms with Crippen molar-refractivity contribution in [2.24, 2.45) is 5.28 Å². The Morgan fingerprint density at radius 3 is 2.68 bits per heavy atom. The molecule has 2 aliphatic heterocycles. The molecule has 0 spiro atoms. The van der Waals surface area contributed by atoms with E-state index >= 15 is 0 Å². The van der Waals surface area contributed by atoms with Gasteiger partial charge in [0.1, 0.15) is 17.5 Å². The molecule has 188 valence electrons. The zero-order valence-corrected chi connectivity index (χ0v) is 17.0. The molecule has 1 N–H and O–H groups in total. The maximum Gasteiger partial charge on any atom is 0.573 e. The first-order chi connectivity index (χ1) is 15.9. The quantitative estimate of drug-likeness (QED) is 0.115. The number of hydrogen-bond acceptors (Lipinski definition) is 8. The summed E-state index contributed by atoms with van der Waals surface area (Å²) in [4.78, 5) is 16.8. The van der Waals surface area contributed by atoms with Gasteiger partial charge in [-0.1, -0.05) is 0 Å². The lowest BCUT2D eigenvalue weighted by molar-refractivity contribution is -0.715. The zero-order valence-electron chi connectivity index (χ0n) is 17.0. The maximum atomic E-state index is 13.4. The minimum Gasteiger partial charge on any atom is -0.569 e. The van der Waals surface area contributed by atoms with E-state index in [2.05, 4.69) is 19.6 Å². The van der Waals surface area contributed by atoms with Crippen molar-refractivity contribution in [2.45, 2.75) is 37.5 Å². The summed E-state index contributed by atoms with van der Waals surface area (Å²) >= 11 is 0. The Kier molecular flexibility index (Phi) is 7.28. The lowest BCUT2D eigenvalue weighted by Crippen LogP contribution is -2.41. The van der Waals surface area contributed by atoms with Crippen LogP contribution in [0.5, 0.6) is 11.5 Å². The topological polar surface area (TPSA) is 116 Å². The average Bonchev–Trinajstić information content (AvgIpc) is 3.22. The predicted octanol–water partition coefficient (Wildman–Crippen LogP) is 3.06. The lowest BCUT2D eigenvalue weighted by Gasteiger charge is -2.28. The molecule has 0 amide bonds. The molecule has 0 radical (unpaired) electrons. The third-order valence-corrected chi connectivity index (χ3v) is 4.73. The van der Waals surface area contributed by atoms with Gasteiger partial charge in [-0.15, -0.1) is 18.2 Å². The van der Waals surface area contributed by atoms with Gasteiger partial charge in [-0.3, -0.25) is 0 Å². The number of hydrogen-bond donors (Lipinski definition) is 1. The minimum atomic E-state index is -5.07. The van der Waals surface area contributed by atoms with Gasteiger partial charge in [0.2, 0.25) is 11.4 Å². The monoisotopic (exact) mass is 501 g/mol. The van der Waals surface area contributed by atoms with Crippen LogP contribution in [-0.4, -0.2) is 65.7 Å². The van der Waals surface area contributed by atoms with Crippen LogP contribution in [0.1, 0.15) is 18.4 Å². The van der Waals surface area contributed by atoms with Crippen molar-refractivity contribution in [1.82, 2.24) is 5.01 Å². The number of rotatable bonds is 7. The van der Waals surface area contributed by atoms with E-state index in [0.29, 0.717) is 18.9 Å². The number of carbonyl (C=O) groups excluding carboxylic acids is 1. The molecule has 0 unspecified atom stereocenters. The van der Waals surface area contributed by atoms with Gasteiger partial charge in [-0.25, -0.2) is 4.79 Å². The van der Waals surface area contributed by atoms with E-state index in [-0.39, 0.29) is 23.7 Å². The van der Waals surface area contributed by atoms with Crippen molar-refractivity contribution in [3.63, 3.8) is 0 Å². The van der Waals surface area contributed by atoms with E-state index in [4.69, 9.17) is 4.74 Å². The number of nitrogens with zero attached hydrogens (tertiary/aromatic N) is 3. The highest BCUT2D eigenvalue weighted by Crippen LogP contribution is 2.39. The minimum absolute atomic E-state index is 0.0155. The number of aliphatic hydroxyl groups is 1. The van der Waals surface area contributed by atoms with Gasteiger partial charge >= 0.3 is 18.5 Å². The smallest absolute Gasteiger partial charge is 0.569 e. The van der Waals surface area contributed by atoms with Crippen LogP contribution in [0.4, 0.5) is 26.3 Å². The van der Waals surface area contributed by atoms with E-state index in [1.807, 2.05) is 0 Å². The van der Waals surface area contributed by atoms with E-state index in [9.17, 15) is 41.5 Å². The molecule has 0 aromatic heterocycles. The molecule has 1 fully saturated rings. The molecule has 10 nitrogen and oxygen atoms in total. The fraction of sp³-hybridized carbons (Fsp3) is 0.500. The Morgan fingerprint density at radius 1 is 1.29 bits per heavy atom. The van der Waals surface area contributed by atoms with Crippen molar-refractivity contribution in [1.29, 1.82) is 0 Å². The van der Waals surface area contributed by atoms with Crippen molar-refractivity contribution >= 4 is 12.0 Å². The fourth-order valence-corrected chi connectivity index (χ4v) is 3.30. The van der Waals surface area contributed by atoms with Gasteiger partial charge in [-0.05, 0) is 37.1 Å². The van der Waals surface area contributed by atoms with Crippen LogP contribution in [0.25, 0.3) is 6.08 Å². The first kappa shape index (κ1) is 25.2. The first-order valence-corrected chi connectivity index (χ1v) is 9.58. The molecule has 1 aromatic rings. The second-order valence-electron chi connectivity index (χ2n) is 7.04. The molecule has 1 aromatic carbocycles. The number of aliphatic hydroxyl groups excluding tert-OH is 1. The second kappa shape index (κ2) is 9.82. The third kappa shape index (κ3) is 6.12. The van der Waals surface area contributed by atoms with Crippen LogP contribution in [-0.2, 0) is 14.4 Å². The summed E-state index contributed by atoms with van der Waals surface area (Å²) in [6, 6.07) is 1.83. The van der Waals surface area contributed by atoms with Gasteiger partial charge in [0, 0.05) is 5.56 Å². The largest absolute Gasteiger partial charge is 0.573 e. The molecule has 3 rings (SSSR count). The summed E-state index contributed by atoms with van der Waals surface area (Å²) in [6.07, 6.45) is -11.1. The Morgan fingerprint density at radius 2 is 2.03 bits per heavy atom. The summed E-state index contributed by atoms with van der Waals surface area (Å²) in [5.41, 5.74) is -1.37. The first-order valence-electron chi connectivity index (χ1n) is 9.58. The third-order valence-electron chi connectivity index (χ3n) is 4.73. The predicted molar refractivity (Wildman–Crippen MR) is 96.5 cm³/mol. The van der Waals surface area contributed by atoms with E-state index in [1.54, 1.807) is 0 Å². The van der Waals surface area contributed by atoms with Crippen molar-refractivity contribution in [3.05, 3.63) is 34.5 Å². The van der Waals surface area contributed by atoms with Crippen LogP contribution in [0.3, 0.4) is 0 Å². The number of halogens is 6. The molecule has 2 aliphatic rings. The molecular weight excluding hydrogens is 484 g/mol. The zero-order chi connectivity index (χ0) is 25.1. The number of ether oxygens (including phenoxy) is 3. The van der Waals surface area contributed by atoms with Crippen LogP contribution < -0.4 is 9.47 Å². The Balaban J connectivity index is 1.71. The molecule has 0 aliphatic carbocycles. The van der Waals surface area contributed by atoms with Gasteiger partial charge in [0.15, 0.2) is 0 Å². The Bertz CT molecular complexity index is 966. The lowest BCUT2D eigenvalue weighted by atomic mass is 10.0. The summed E-state index contributed by atoms with van der Waals surface area (Å²) in [5.74, 6) is -2.76. The molecule has 16 heteroatoms. The van der Waals surface area contributed by atoms with Gasteiger partial charge in [0.05, 0.1) is 23.7 Å². The number of esters is 1. The highest BCUT2D eigenvalue weighted by molar-refractivity contribution is 5.96. The SMILES string of the molecule is O=C(OCO/N=[N+](\[O-])N1CCC[C@H]1CO)C1=Cc2cc(OC(F)(F)F)ccc2O[C@@H]1C(F)(F)F. The summed E-state index contributed by atoms with van der Waals surface area (Å²) in [6.45, 7) is -1.09. The van der Waals surface area contributed by atoms with Crippen molar-refractivity contribution in [2.75, 3.05) is 19.9 Å². The number of benzene rings is 1. The Hall–Kier alpha value is -3.43. The molecule has 2 heterocycles. The summed E-state index contributed by atoms with van der Waals surface area (Å²) in [5, 5.41) is 25.2. The number of carbonyl (C=O) groups is 1. The van der Waals surface area contributed by atoms with Crippen LogP contribution in [0.2, 0.25) is 0 Å². The van der Waals surface area contributed by atoms with Crippen molar-refractivity contribution in [3.8, 4) is 11.5 Å². The van der Waals surface area contributed by atoms with Crippen molar-refractivity contribution < 1.29 is 60.3 Å². The second-order valence-corrected chi connectivity index (χ2v) is 7.04. The van der Waals surface area contributed by atoms with Crippen LogP contribution >= 0.6 is 0 Å². The molecule has 0 saturated carbocycles. The number of alkyl halides is 6. The van der Waals surface area contributed by atoms with E-state index in [1.165, 1.54) is 0 Å². The van der Waals surface area contributed by atoms with Gasteiger partial charge < -0.3 is 29.4 Å². The molecule has 0 bridgehead atoms. The van der Waals surface area contributed by atoms with Crippen LogP contribution in [0, 0.1) is 5.21 Å². The van der Waals surface area contributed by atoms with Gasteiger partial charge in [-0.2, -0.15) is 13.2 Å².